The molecule has 2 saturated heterocycles. The highest BCUT2D eigenvalue weighted by Gasteiger charge is 2.44. The average molecular weight is 184 g/mol. The molecule has 0 aromatic heterocycles. The summed E-state index contributed by atoms with van der Waals surface area (Å²) >= 11 is 0. The molecule has 4 heteroatoms. The highest BCUT2D eigenvalue weighted by Crippen LogP contribution is 2.38. The third-order valence-corrected chi connectivity index (χ3v) is 3.20. The summed E-state index contributed by atoms with van der Waals surface area (Å²) in [4.78, 5) is 12.8. The Kier molecular flexibility index (Phi) is 2.26. The standard InChI is InChI=1S/C9H16N2O2/c12-5-8(13)11-6-9(7-11)1-3-10-4-2-9/h10,12H,1-7H2. The van der Waals surface area contributed by atoms with E-state index in [4.69, 9.17) is 5.11 Å². The van der Waals surface area contributed by atoms with Crippen LogP contribution in [-0.2, 0) is 4.79 Å². The minimum Gasteiger partial charge on any atom is -0.387 e. The summed E-state index contributed by atoms with van der Waals surface area (Å²) in [5.74, 6) is -0.121. The number of carbonyl (C=O) groups is 1. The fourth-order valence-electron chi connectivity index (χ4n) is 2.31. The number of aliphatic hydroxyl groups excluding tert-OH is 1. The van der Waals surface area contributed by atoms with Gasteiger partial charge in [0, 0.05) is 18.5 Å². The van der Waals surface area contributed by atoms with Crippen molar-refractivity contribution in [2.24, 2.45) is 5.41 Å². The Morgan fingerprint density at radius 2 is 2.00 bits per heavy atom. The molecule has 2 N–H and O–H groups in total. The molecule has 2 heterocycles. The second kappa shape index (κ2) is 3.27. The molecular weight excluding hydrogens is 168 g/mol. The lowest BCUT2D eigenvalue weighted by Crippen LogP contribution is -2.62. The van der Waals surface area contributed by atoms with Gasteiger partial charge >= 0.3 is 0 Å². The molecular formula is C9H16N2O2. The van der Waals surface area contributed by atoms with E-state index < -0.39 is 0 Å². The van der Waals surface area contributed by atoms with Crippen molar-refractivity contribution in [2.75, 3.05) is 32.8 Å². The second-order valence-electron chi connectivity index (χ2n) is 4.16. The van der Waals surface area contributed by atoms with Gasteiger partial charge in [-0.3, -0.25) is 4.79 Å². The van der Waals surface area contributed by atoms with Gasteiger partial charge in [-0.2, -0.15) is 0 Å². The van der Waals surface area contributed by atoms with Crippen LogP contribution in [0.3, 0.4) is 0 Å². The summed E-state index contributed by atoms with van der Waals surface area (Å²) in [5.41, 5.74) is 0.385. The van der Waals surface area contributed by atoms with Crippen molar-refractivity contribution in [1.82, 2.24) is 10.2 Å². The summed E-state index contributed by atoms with van der Waals surface area (Å²) in [5, 5.41) is 12.0. The van der Waals surface area contributed by atoms with Crippen molar-refractivity contribution in [3.05, 3.63) is 0 Å². The normalized spacial score (nSPS) is 25.8. The van der Waals surface area contributed by atoms with E-state index in [0.717, 1.165) is 26.2 Å². The van der Waals surface area contributed by atoms with E-state index in [1.54, 1.807) is 4.90 Å². The van der Waals surface area contributed by atoms with Gasteiger partial charge in [0.2, 0.25) is 5.91 Å². The van der Waals surface area contributed by atoms with Crippen LogP contribution in [-0.4, -0.2) is 48.7 Å². The van der Waals surface area contributed by atoms with E-state index >= 15 is 0 Å². The van der Waals surface area contributed by atoms with E-state index in [1.807, 2.05) is 0 Å². The maximum atomic E-state index is 11.1. The molecule has 1 spiro atoms. The predicted molar refractivity (Wildman–Crippen MR) is 48.2 cm³/mol. The number of aliphatic hydroxyl groups is 1. The van der Waals surface area contributed by atoms with E-state index in [-0.39, 0.29) is 12.5 Å². The third-order valence-electron chi connectivity index (χ3n) is 3.20. The number of hydrogen-bond acceptors (Lipinski definition) is 3. The number of piperidine rings is 1. The first-order valence-electron chi connectivity index (χ1n) is 4.85. The Balaban J connectivity index is 1.85. The Bertz CT molecular complexity index is 204. The Hall–Kier alpha value is -0.610. The van der Waals surface area contributed by atoms with Gasteiger partial charge in [0.05, 0.1) is 0 Å². The Morgan fingerprint density at radius 1 is 1.38 bits per heavy atom. The summed E-state index contributed by atoms with van der Waals surface area (Å²) in [6.45, 7) is 3.51. The van der Waals surface area contributed by atoms with Crippen LogP contribution in [0.4, 0.5) is 0 Å². The van der Waals surface area contributed by atoms with Gasteiger partial charge in [0.25, 0.3) is 0 Å². The Morgan fingerprint density at radius 3 is 2.54 bits per heavy atom. The van der Waals surface area contributed by atoms with Gasteiger partial charge in [0.15, 0.2) is 0 Å². The number of hydrogen-bond donors (Lipinski definition) is 2. The van der Waals surface area contributed by atoms with Crippen LogP contribution in [0.1, 0.15) is 12.8 Å². The molecule has 2 fully saturated rings. The van der Waals surface area contributed by atoms with Crippen LogP contribution in [0.2, 0.25) is 0 Å². The summed E-state index contributed by atoms with van der Waals surface area (Å²) in [6, 6.07) is 0. The van der Waals surface area contributed by atoms with Gasteiger partial charge in [-0.25, -0.2) is 0 Å². The van der Waals surface area contributed by atoms with Crippen LogP contribution in [0.25, 0.3) is 0 Å². The van der Waals surface area contributed by atoms with Crippen LogP contribution >= 0.6 is 0 Å². The summed E-state index contributed by atoms with van der Waals surface area (Å²) in [7, 11) is 0. The fraction of sp³-hybridized carbons (Fsp3) is 0.889. The predicted octanol–water partition coefficient (Wildman–Crippen LogP) is -0.809. The minimum atomic E-state index is -0.339. The molecule has 2 aliphatic rings. The number of nitrogens with zero attached hydrogens (tertiary/aromatic N) is 1. The van der Waals surface area contributed by atoms with Gasteiger partial charge in [-0.15, -0.1) is 0 Å². The van der Waals surface area contributed by atoms with Crippen LogP contribution in [0.15, 0.2) is 0 Å². The molecule has 0 aliphatic carbocycles. The van der Waals surface area contributed by atoms with E-state index in [1.165, 1.54) is 12.8 Å². The molecule has 0 bridgehead atoms. The number of likely N-dealkylation sites (tertiary alicyclic amines) is 1. The van der Waals surface area contributed by atoms with E-state index in [9.17, 15) is 4.79 Å². The molecule has 74 valence electrons. The molecule has 2 rings (SSSR count). The van der Waals surface area contributed by atoms with Gasteiger partial charge in [0.1, 0.15) is 6.61 Å². The van der Waals surface area contributed by atoms with Crippen molar-refractivity contribution >= 4 is 5.91 Å². The minimum absolute atomic E-state index is 0.121. The first-order chi connectivity index (χ1) is 6.26. The summed E-state index contributed by atoms with van der Waals surface area (Å²) in [6.07, 6.45) is 2.34. The van der Waals surface area contributed by atoms with Crippen LogP contribution in [0, 0.1) is 5.41 Å². The first-order valence-corrected chi connectivity index (χ1v) is 4.85. The number of nitrogens with one attached hydrogen (secondary N) is 1. The third kappa shape index (κ3) is 1.56. The lowest BCUT2D eigenvalue weighted by atomic mass is 9.72. The van der Waals surface area contributed by atoms with E-state index in [2.05, 4.69) is 5.32 Å². The summed E-state index contributed by atoms with van der Waals surface area (Å²) < 4.78 is 0. The van der Waals surface area contributed by atoms with Crippen molar-refractivity contribution in [3.8, 4) is 0 Å². The fourth-order valence-corrected chi connectivity index (χ4v) is 2.31. The molecule has 13 heavy (non-hydrogen) atoms. The zero-order valence-corrected chi connectivity index (χ0v) is 7.75. The molecule has 1 amide bonds. The SMILES string of the molecule is O=C(CO)N1CC2(CCNCC2)C1. The van der Waals surface area contributed by atoms with Crippen LogP contribution < -0.4 is 5.32 Å². The lowest BCUT2D eigenvalue weighted by Gasteiger charge is -2.52. The number of carbonyl (C=O) groups excluding carboxylic acids is 1. The quantitative estimate of drug-likeness (QED) is 0.560. The van der Waals surface area contributed by atoms with Gasteiger partial charge < -0.3 is 15.3 Å². The zero-order valence-electron chi connectivity index (χ0n) is 7.75. The number of rotatable bonds is 1. The maximum Gasteiger partial charge on any atom is 0.248 e. The molecule has 0 aromatic carbocycles. The van der Waals surface area contributed by atoms with E-state index in [0.29, 0.717) is 5.41 Å². The Labute approximate surface area is 77.9 Å². The number of amides is 1. The first kappa shape index (κ1) is 8.97. The highest BCUT2D eigenvalue weighted by molar-refractivity contribution is 5.78. The maximum absolute atomic E-state index is 11.1. The second-order valence-corrected chi connectivity index (χ2v) is 4.16. The molecule has 0 unspecified atom stereocenters. The zero-order chi connectivity index (χ0) is 9.31. The molecule has 0 saturated carbocycles. The monoisotopic (exact) mass is 184 g/mol. The van der Waals surface area contributed by atoms with Gasteiger partial charge in [-0.05, 0) is 25.9 Å². The van der Waals surface area contributed by atoms with Crippen molar-refractivity contribution < 1.29 is 9.90 Å². The van der Waals surface area contributed by atoms with Crippen molar-refractivity contribution in [2.45, 2.75) is 12.8 Å². The molecule has 0 atom stereocenters. The highest BCUT2D eigenvalue weighted by atomic mass is 16.3. The average Bonchev–Trinajstić information content (AvgIpc) is 2.14. The van der Waals surface area contributed by atoms with Crippen LogP contribution in [0.5, 0.6) is 0 Å². The molecule has 0 radical (unpaired) electrons. The topological polar surface area (TPSA) is 52.6 Å². The molecule has 4 nitrogen and oxygen atoms in total. The van der Waals surface area contributed by atoms with Crippen molar-refractivity contribution in [1.29, 1.82) is 0 Å². The van der Waals surface area contributed by atoms with Crippen molar-refractivity contribution in [3.63, 3.8) is 0 Å². The largest absolute Gasteiger partial charge is 0.387 e. The lowest BCUT2D eigenvalue weighted by molar-refractivity contribution is -0.148. The molecule has 0 aromatic rings. The van der Waals surface area contributed by atoms with Gasteiger partial charge in [-0.1, -0.05) is 0 Å². The smallest absolute Gasteiger partial charge is 0.248 e. The molecule has 2 aliphatic heterocycles.